The Morgan fingerprint density at radius 3 is 2.31 bits per heavy atom. The molecule has 0 spiro atoms. The van der Waals surface area contributed by atoms with E-state index < -0.39 is 22.0 Å². The quantitative estimate of drug-likeness (QED) is 0.677. The number of halogens is 1. The number of hydrogen-bond acceptors (Lipinski definition) is 4. The maximum atomic E-state index is 12.9. The Hall–Kier alpha value is -2.25. The number of carbonyl (C=O) groups is 1. The Labute approximate surface area is 177 Å². The molecule has 0 bridgehead atoms. The Bertz CT molecular complexity index is 961. The zero-order valence-corrected chi connectivity index (χ0v) is 18.8. The van der Waals surface area contributed by atoms with E-state index in [0.717, 1.165) is 22.5 Å². The number of anilines is 1. The molecule has 2 rings (SSSR count). The topological polar surface area (TPSA) is 75.7 Å². The number of rotatable bonds is 8. The van der Waals surface area contributed by atoms with E-state index >= 15 is 0 Å². The molecular weight excluding hydrogens is 412 g/mol. The average molecular weight is 439 g/mol. The van der Waals surface area contributed by atoms with Crippen molar-refractivity contribution in [1.82, 2.24) is 5.32 Å². The van der Waals surface area contributed by atoms with Crippen molar-refractivity contribution in [2.75, 3.05) is 17.7 Å². The van der Waals surface area contributed by atoms with Crippen LogP contribution in [-0.2, 0) is 21.2 Å². The molecule has 29 heavy (non-hydrogen) atoms. The van der Waals surface area contributed by atoms with Crippen LogP contribution in [0, 0.1) is 0 Å². The second kappa shape index (κ2) is 9.50. The molecule has 0 aliphatic rings. The van der Waals surface area contributed by atoms with Crippen LogP contribution in [-0.4, -0.2) is 33.7 Å². The monoisotopic (exact) mass is 438 g/mol. The highest BCUT2D eigenvalue weighted by molar-refractivity contribution is 7.92. The van der Waals surface area contributed by atoms with E-state index in [4.69, 9.17) is 16.3 Å². The van der Waals surface area contributed by atoms with Crippen molar-refractivity contribution in [1.29, 1.82) is 0 Å². The lowest BCUT2D eigenvalue weighted by atomic mass is 10.0. The maximum Gasteiger partial charge on any atom is 0.244 e. The third-order valence-corrected chi connectivity index (χ3v) is 6.18. The number of sulfonamides is 1. The first-order valence-corrected chi connectivity index (χ1v) is 11.5. The molecule has 0 aliphatic heterocycles. The SMILES string of the molecule is CCc1ccc(C(C)NC(=O)C(C)N(c2cc(Cl)ccc2OC)S(C)(=O)=O)cc1. The van der Waals surface area contributed by atoms with Crippen molar-refractivity contribution in [3.63, 3.8) is 0 Å². The molecule has 158 valence electrons. The van der Waals surface area contributed by atoms with Crippen molar-refractivity contribution >= 4 is 33.2 Å². The first kappa shape index (κ1) is 23.0. The highest BCUT2D eigenvalue weighted by Gasteiger charge is 2.32. The minimum absolute atomic E-state index is 0.213. The van der Waals surface area contributed by atoms with Gasteiger partial charge in [-0.25, -0.2) is 8.42 Å². The van der Waals surface area contributed by atoms with Gasteiger partial charge in [0.05, 0.1) is 25.1 Å². The lowest BCUT2D eigenvalue weighted by Crippen LogP contribution is -2.48. The van der Waals surface area contributed by atoms with Gasteiger partial charge in [-0.2, -0.15) is 0 Å². The van der Waals surface area contributed by atoms with Crippen molar-refractivity contribution < 1.29 is 17.9 Å². The first-order valence-electron chi connectivity index (χ1n) is 9.30. The number of benzene rings is 2. The van der Waals surface area contributed by atoms with Gasteiger partial charge in [0.15, 0.2) is 0 Å². The Balaban J connectivity index is 2.30. The van der Waals surface area contributed by atoms with Gasteiger partial charge in [-0.05, 0) is 49.6 Å². The van der Waals surface area contributed by atoms with Crippen LogP contribution >= 0.6 is 11.6 Å². The Morgan fingerprint density at radius 1 is 1.17 bits per heavy atom. The third-order valence-electron chi connectivity index (χ3n) is 4.71. The summed E-state index contributed by atoms with van der Waals surface area (Å²) in [4.78, 5) is 12.9. The number of aryl methyl sites for hydroxylation is 1. The zero-order valence-electron chi connectivity index (χ0n) is 17.3. The molecule has 0 radical (unpaired) electrons. The van der Waals surface area contributed by atoms with E-state index in [0.29, 0.717) is 10.8 Å². The van der Waals surface area contributed by atoms with Crippen LogP contribution in [0.25, 0.3) is 0 Å². The molecule has 0 saturated carbocycles. The number of nitrogens with one attached hydrogen (secondary N) is 1. The summed E-state index contributed by atoms with van der Waals surface area (Å²) in [6.45, 7) is 5.46. The predicted molar refractivity (Wildman–Crippen MR) is 117 cm³/mol. The molecule has 2 atom stereocenters. The standard InChI is InChI=1S/C21H27ClN2O4S/c1-6-16-7-9-17(10-8-16)14(2)23-21(25)15(3)24(29(5,26)27)19-13-18(22)11-12-20(19)28-4/h7-15H,6H2,1-5H3,(H,23,25). The largest absolute Gasteiger partial charge is 0.495 e. The number of hydrogen-bond donors (Lipinski definition) is 1. The highest BCUT2D eigenvalue weighted by atomic mass is 35.5. The van der Waals surface area contributed by atoms with E-state index in [-0.39, 0.29) is 11.7 Å². The molecule has 0 aliphatic carbocycles. The van der Waals surface area contributed by atoms with Gasteiger partial charge in [-0.15, -0.1) is 0 Å². The smallest absolute Gasteiger partial charge is 0.244 e. The van der Waals surface area contributed by atoms with Gasteiger partial charge < -0.3 is 10.1 Å². The molecule has 1 amide bonds. The molecule has 8 heteroatoms. The molecule has 2 aromatic rings. The van der Waals surface area contributed by atoms with Crippen molar-refractivity contribution in [3.05, 3.63) is 58.6 Å². The predicted octanol–water partition coefficient (Wildman–Crippen LogP) is 3.94. The van der Waals surface area contributed by atoms with Gasteiger partial charge in [-0.3, -0.25) is 9.10 Å². The summed E-state index contributed by atoms with van der Waals surface area (Å²) in [7, 11) is -2.36. The highest BCUT2D eigenvalue weighted by Crippen LogP contribution is 2.34. The van der Waals surface area contributed by atoms with Crippen LogP contribution < -0.4 is 14.4 Å². The van der Waals surface area contributed by atoms with Crippen LogP contribution in [0.3, 0.4) is 0 Å². The minimum Gasteiger partial charge on any atom is -0.495 e. The molecule has 2 unspecified atom stereocenters. The fraction of sp³-hybridized carbons (Fsp3) is 0.381. The molecular formula is C21H27ClN2O4S. The van der Waals surface area contributed by atoms with E-state index in [1.165, 1.54) is 25.7 Å². The Morgan fingerprint density at radius 2 is 1.79 bits per heavy atom. The number of nitrogens with zero attached hydrogens (tertiary/aromatic N) is 1. The van der Waals surface area contributed by atoms with Gasteiger partial charge in [0, 0.05) is 5.02 Å². The average Bonchev–Trinajstić information content (AvgIpc) is 2.67. The number of ether oxygens (including phenoxy) is 1. The summed E-state index contributed by atoms with van der Waals surface area (Å²) in [6, 6.07) is 11.3. The minimum atomic E-state index is -3.79. The van der Waals surface area contributed by atoms with Crippen LogP contribution in [0.5, 0.6) is 5.75 Å². The van der Waals surface area contributed by atoms with Gasteiger partial charge in [0.25, 0.3) is 0 Å². The summed E-state index contributed by atoms with van der Waals surface area (Å²) in [5, 5.41) is 3.23. The van der Waals surface area contributed by atoms with Crippen LogP contribution in [0.15, 0.2) is 42.5 Å². The molecule has 0 fully saturated rings. The summed E-state index contributed by atoms with van der Waals surface area (Å²) in [6.07, 6.45) is 1.98. The summed E-state index contributed by atoms with van der Waals surface area (Å²) < 4.78 is 31.4. The van der Waals surface area contributed by atoms with Gasteiger partial charge >= 0.3 is 0 Å². The van der Waals surface area contributed by atoms with Crippen molar-refractivity contribution in [2.24, 2.45) is 0 Å². The van der Waals surface area contributed by atoms with E-state index in [1.54, 1.807) is 12.1 Å². The fourth-order valence-electron chi connectivity index (χ4n) is 3.08. The molecule has 6 nitrogen and oxygen atoms in total. The van der Waals surface area contributed by atoms with E-state index in [1.807, 2.05) is 31.2 Å². The summed E-state index contributed by atoms with van der Waals surface area (Å²) >= 11 is 6.06. The lowest BCUT2D eigenvalue weighted by molar-refractivity contribution is -0.122. The fourth-order valence-corrected chi connectivity index (χ4v) is 4.41. The zero-order chi connectivity index (χ0) is 21.8. The summed E-state index contributed by atoms with van der Waals surface area (Å²) in [5.41, 5.74) is 2.36. The second-order valence-corrected chi connectivity index (χ2v) is 9.17. The van der Waals surface area contributed by atoms with Crippen LogP contribution in [0.1, 0.15) is 37.9 Å². The van der Waals surface area contributed by atoms with Crippen LogP contribution in [0.2, 0.25) is 5.02 Å². The lowest BCUT2D eigenvalue weighted by Gasteiger charge is -2.30. The molecule has 0 aromatic heterocycles. The van der Waals surface area contributed by atoms with Gasteiger partial charge in [-0.1, -0.05) is 42.8 Å². The van der Waals surface area contributed by atoms with Crippen LogP contribution in [0.4, 0.5) is 5.69 Å². The third kappa shape index (κ3) is 5.64. The van der Waals surface area contributed by atoms with Crippen molar-refractivity contribution in [3.8, 4) is 5.75 Å². The molecule has 0 heterocycles. The number of carbonyl (C=O) groups excluding carboxylic acids is 1. The summed E-state index contributed by atoms with van der Waals surface area (Å²) in [5.74, 6) is -0.118. The Kier molecular flexibility index (Phi) is 7.54. The molecule has 0 saturated heterocycles. The van der Waals surface area contributed by atoms with E-state index in [9.17, 15) is 13.2 Å². The maximum absolute atomic E-state index is 12.9. The molecule has 1 N–H and O–H groups in total. The van der Waals surface area contributed by atoms with Gasteiger partial charge in [0.2, 0.25) is 15.9 Å². The number of amides is 1. The normalized spacial score (nSPS) is 13.4. The van der Waals surface area contributed by atoms with E-state index in [2.05, 4.69) is 12.2 Å². The molecule has 2 aromatic carbocycles. The second-order valence-electron chi connectivity index (χ2n) is 6.88. The van der Waals surface area contributed by atoms with Crippen molar-refractivity contribution in [2.45, 2.75) is 39.3 Å². The van der Waals surface area contributed by atoms with Gasteiger partial charge in [0.1, 0.15) is 11.8 Å². The number of methoxy groups -OCH3 is 1. The first-order chi connectivity index (χ1) is 13.6.